The van der Waals surface area contributed by atoms with Gasteiger partial charge in [-0.05, 0) is 72.9 Å². The number of carboxylic acid groups (broad SMARTS) is 1. The van der Waals surface area contributed by atoms with E-state index in [1.54, 1.807) is 7.11 Å². The van der Waals surface area contributed by atoms with Crippen LogP contribution in [0.3, 0.4) is 0 Å². The Bertz CT molecular complexity index is 1090. The zero-order chi connectivity index (χ0) is 23.2. The van der Waals surface area contributed by atoms with Crippen LogP contribution in [-0.2, 0) is 11.2 Å². The van der Waals surface area contributed by atoms with Gasteiger partial charge in [0.1, 0.15) is 10.8 Å². The number of anilines is 1. The summed E-state index contributed by atoms with van der Waals surface area (Å²) >= 11 is 1.36. The van der Waals surface area contributed by atoms with E-state index in [0.717, 1.165) is 42.0 Å². The summed E-state index contributed by atoms with van der Waals surface area (Å²) in [6.07, 6.45) is 4.76. The van der Waals surface area contributed by atoms with Crippen molar-refractivity contribution in [2.75, 3.05) is 12.4 Å². The van der Waals surface area contributed by atoms with Gasteiger partial charge in [0.05, 0.1) is 7.11 Å². The molecule has 1 aliphatic carbocycles. The number of aliphatic carboxylic acids is 1. The van der Waals surface area contributed by atoms with E-state index in [9.17, 15) is 9.59 Å². The lowest BCUT2D eigenvalue weighted by molar-refractivity contribution is -0.138. The third-order valence-electron chi connectivity index (χ3n) is 6.16. The average molecular weight is 466 g/mol. The van der Waals surface area contributed by atoms with Crippen LogP contribution >= 0.6 is 11.3 Å². The van der Waals surface area contributed by atoms with Gasteiger partial charge < -0.3 is 9.84 Å². The molecule has 2 aromatic carbocycles. The van der Waals surface area contributed by atoms with Crippen molar-refractivity contribution in [1.82, 2.24) is 10.2 Å². The van der Waals surface area contributed by atoms with Crippen molar-refractivity contribution in [3.05, 3.63) is 70.2 Å². The molecule has 0 spiro atoms. The minimum atomic E-state index is -0.711. The van der Waals surface area contributed by atoms with Gasteiger partial charge in [0.25, 0.3) is 5.91 Å². The van der Waals surface area contributed by atoms with E-state index >= 15 is 0 Å². The summed E-state index contributed by atoms with van der Waals surface area (Å²) in [4.78, 5) is 23.6. The van der Waals surface area contributed by atoms with Crippen LogP contribution < -0.4 is 10.1 Å². The molecule has 0 radical (unpaired) electrons. The van der Waals surface area contributed by atoms with E-state index in [0.29, 0.717) is 23.0 Å². The van der Waals surface area contributed by atoms with E-state index in [2.05, 4.69) is 15.5 Å². The zero-order valence-electron chi connectivity index (χ0n) is 18.5. The van der Waals surface area contributed by atoms with Crippen molar-refractivity contribution in [3.8, 4) is 5.75 Å². The van der Waals surface area contributed by atoms with Crippen molar-refractivity contribution in [2.45, 2.75) is 44.4 Å². The minimum Gasteiger partial charge on any atom is -0.497 e. The van der Waals surface area contributed by atoms with Crippen molar-refractivity contribution >= 4 is 28.3 Å². The first-order valence-electron chi connectivity index (χ1n) is 11.1. The summed E-state index contributed by atoms with van der Waals surface area (Å²) in [7, 11) is 1.64. The number of ether oxygens (including phenoxy) is 1. The summed E-state index contributed by atoms with van der Waals surface area (Å²) < 4.78 is 5.18. The third-order valence-corrected chi connectivity index (χ3v) is 6.99. The fourth-order valence-electron chi connectivity index (χ4n) is 4.32. The van der Waals surface area contributed by atoms with Gasteiger partial charge >= 0.3 is 5.97 Å². The molecule has 0 atom stereocenters. The molecule has 1 aromatic heterocycles. The number of hydrogen-bond acceptors (Lipinski definition) is 6. The first-order chi connectivity index (χ1) is 16.0. The molecule has 1 amide bonds. The van der Waals surface area contributed by atoms with Crippen molar-refractivity contribution < 1.29 is 19.4 Å². The molecule has 3 aromatic rings. The zero-order valence-corrected chi connectivity index (χ0v) is 19.3. The molecule has 33 heavy (non-hydrogen) atoms. The van der Waals surface area contributed by atoms with E-state index < -0.39 is 5.97 Å². The molecule has 2 N–H and O–H groups in total. The Morgan fingerprint density at radius 3 is 2.36 bits per heavy atom. The molecule has 1 heterocycles. The van der Waals surface area contributed by atoms with Gasteiger partial charge in [-0.15, -0.1) is 10.2 Å². The van der Waals surface area contributed by atoms with Gasteiger partial charge in [0.2, 0.25) is 5.13 Å². The summed E-state index contributed by atoms with van der Waals surface area (Å²) in [5.41, 5.74) is 2.88. The van der Waals surface area contributed by atoms with E-state index in [1.165, 1.54) is 16.9 Å². The topological polar surface area (TPSA) is 101 Å². The summed E-state index contributed by atoms with van der Waals surface area (Å²) in [5, 5.41) is 21.4. The molecule has 8 heteroatoms. The molecule has 172 valence electrons. The van der Waals surface area contributed by atoms with Crippen LogP contribution in [0.25, 0.3) is 0 Å². The molecule has 0 bridgehead atoms. The number of carbonyl (C=O) groups excluding carboxylic acids is 1. The minimum absolute atomic E-state index is 0.209. The van der Waals surface area contributed by atoms with Crippen LogP contribution in [0.1, 0.15) is 64.5 Å². The monoisotopic (exact) mass is 465 g/mol. The van der Waals surface area contributed by atoms with Crippen molar-refractivity contribution in [1.29, 1.82) is 0 Å². The quantitative estimate of drug-likeness (QED) is 0.478. The van der Waals surface area contributed by atoms with Crippen LogP contribution in [0.2, 0.25) is 0 Å². The van der Waals surface area contributed by atoms with Crippen LogP contribution in [-0.4, -0.2) is 34.3 Å². The summed E-state index contributed by atoms with van der Waals surface area (Å²) in [6, 6.07) is 15.5. The molecule has 1 fully saturated rings. The van der Waals surface area contributed by atoms with Crippen LogP contribution in [0.4, 0.5) is 5.13 Å². The Balaban J connectivity index is 1.30. The first kappa shape index (κ1) is 22.9. The molecule has 7 nitrogen and oxygen atoms in total. The second-order valence-electron chi connectivity index (χ2n) is 8.42. The smallest absolute Gasteiger partial charge is 0.303 e. The third kappa shape index (κ3) is 6.16. The number of benzene rings is 2. The Hall–Kier alpha value is -3.26. The number of nitrogens with zero attached hydrogens (tertiary/aromatic N) is 2. The molecule has 1 aliphatic rings. The van der Waals surface area contributed by atoms with Crippen LogP contribution in [0.15, 0.2) is 48.5 Å². The fraction of sp³-hybridized carbons (Fsp3) is 0.360. The molecule has 0 unspecified atom stereocenters. The van der Waals surface area contributed by atoms with E-state index in [-0.39, 0.29) is 18.2 Å². The number of hydrogen-bond donors (Lipinski definition) is 2. The van der Waals surface area contributed by atoms with Crippen LogP contribution in [0.5, 0.6) is 5.75 Å². The van der Waals surface area contributed by atoms with E-state index in [4.69, 9.17) is 9.84 Å². The first-order valence-corrected chi connectivity index (χ1v) is 11.9. The predicted octanol–water partition coefficient (Wildman–Crippen LogP) is 5.14. The average Bonchev–Trinajstić information content (AvgIpc) is 3.26. The Labute approximate surface area is 196 Å². The molecule has 0 saturated heterocycles. The SMILES string of the molecule is COc1ccc(Cc2nnc(NC(=O)c3ccc(C4CCC(CC(=O)O)CC4)cc3)s2)cc1. The highest BCUT2D eigenvalue weighted by Crippen LogP contribution is 2.37. The number of nitrogens with one attached hydrogen (secondary N) is 1. The predicted molar refractivity (Wildman–Crippen MR) is 127 cm³/mol. The largest absolute Gasteiger partial charge is 0.497 e. The van der Waals surface area contributed by atoms with Gasteiger partial charge in [-0.2, -0.15) is 0 Å². The van der Waals surface area contributed by atoms with Gasteiger partial charge in [-0.1, -0.05) is 35.6 Å². The number of amides is 1. The molecular formula is C25H27N3O4S. The maximum Gasteiger partial charge on any atom is 0.303 e. The number of carboxylic acids is 1. The van der Waals surface area contributed by atoms with Crippen molar-refractivity contribution in [2.24, 2.45) is 5.92 Å². The highest BCUT2D eigenvalue weighted by atomic mass is 32.1. The molecule has 1 saturated carbocycles. The van der Waals surface area contributed by atoms with Crippen molar-refractivity contribution in [3.63, 3.8) is 0 Å². The lowest BCUT2D eigenvalue weighted by atomic mass is 9.77. The molecular weight excluding hydrogens is 438 g/mol. The number of carbonyl (C=O) groups is 2. The highest BCUT2D eigenvalue weighted by Gasteiger charge is 2.24. The van der Waals surface area contributed by atoms with Gasteiger partial charge in [0.15, 0.2) is 0 Å². The van der Waals surface area contributed by atoms with Gasteiger partial charge in [0, 0.05) is 18.4 Å². The molecule has 0 aliphatic heterocycles. The summed E-state index contributed by atoms with van der Waals surface area (Å²) in [6.45, 7) is 0. The fourth-order valence-corrected chi connectivity index (χ4v) is 5.09. The van der Waals surface area contributed by atoms with Crippen LogP contribution in [0, 0.1) is 5.92 Å². The Kier molecular flexibility index (Phi) is 7.34. The second kappa shape index (κ2) is 10.6. The Morgan fingerprint density at radius 2 is 1.73 bits per heavy atom. The van der Waals surface area contributed by atoms with Gasteiger partial charge in [-0.25, -0.2) is 0 Å². The summed E-state index contributed by atoms with van der Waals surface area (Å²) in [5.74, 6) is 0.595. The normalized spacial score (nSPS) is 18.0. The number of methoxy groups -OCH3 is 1. The number of aromatic nitrogens is 2. The van der Waals surface area contributed by atoms with E-state index in [1.807, 2.05) is 48.5 Å². The lowest BCUT2D eigenvalue weighted by Gasteiger charge is -2.28. The lowest BCUT2D eigenvalue weighted by Crippen LogP contribution is -2.16. The highest BCUT2D eigenvalue weighted by molar-refractivity contribution is 7.15. The van der Waals surface area contributed by atoms with Gasteiger partial charge in [-0.3, -0.25) is 14.9 Å². The maximum absolute atomic E-state index is 12.6. The second-order valence-corrected chi connectivity index (χ2v) is 9.48. The Morgan fingerprint density at radius 1 is 1.03 bits per heavy atom. The maximum atomic E-state index is 12.6. The standard InChI is InChI=1S/C25H27N3O4S/c1-32-21-12-4-16(5-13-21)14-22-27-28-25(33-22)26-24(31)20-10-8-19(9-11-20)18-6-2-17(3-7-18)15-23(29)30/h4-5,8-13,17-18H,2-3,6-7,14-15H2,1H3,(H,29,30)(H,26,28,31). The number of rotatable bonds is 8. The molecule has 4 rings (SSSR count).